The van der Waals surface area contributed by atoms with Crippen LogP contribution in [-0.2, 0) is 14.8 Å². The number of ether oxygens (including phenoxy) is 2. The smallest absolute Gasteiger partial charge is 0.215 e. The Morgan fingerprint density at radius 1 is 1.17 bits per heavy atom. The third kappa shape index (κ3) is 4.98. The second kappa shape index (κ2) is 9.71. The quantitative estimate of drug-likeness (QED) is 0.550. The molecule has 0 radical (unpaired) electrons. The number of aromatic amines is 1. The van der Waals surface area contributed by atoms with Crippen LogP contribution in [-0.4, -0.2) is 84.4 Å². The molecule has 188 valence electrons. The zero-order valence-corrected chi connectivity index (χ0v) is 21.2. The third-order valence-electron chi connectivity index (χ3n) is 6.77. The van der Waals surface area contributed by atoms with Gasteiger partial charge in [-0.25, -0.2) is 22.7 Å². The molecule has 0 unspecified atom stereocenters. The highest BCUT2D eigenvalue weighted by Crippen LogP contribution is 2.34. The minimum atomic E-state index is -3.19. The largest absolute Gasteiger partial charge is 0.478 e. The highest BCUT2D eigenvalue weighted by molar-refractivity contribution is 7.88. The molecule has 0 spiro atoms. The molecule has 2 aliphatic heterocycles. The van der Waals surface area contributed by atoms with Gasteiger partial charge < -0.3 is 19.4 Å². The normalized spacial score (nSPS) is 20.4. The maximum Gasteiger partial charge on any atom is 0.215 e. The molecule has 10 nitrogen and oxygen atoms in total. The van der Waals surface area contributed by atoms with Gasteiger partial charge >= 0.3 is 0 Å². The van der Waals surface area contributed by atoms with Crippen molar-refractivity contribution in [2.45, 2.75) is 38.6 Å². The van der Waals surface area contributed by atoms with Gasteiger partial charge in [-0.1, -0.05) is 0 Å². The van der Waals surface area contributed by atoms with Crippen LogP contribution >= 0.6 is 0 Å². The lowest BCUT2D eigenvalue weighted by Crippen LogP contribution is -2.44. The molecule has 2 aliphatic rings. The number of hydrogen-bond donors (Lipinski definition) is 1. The molecule has 1 atom stereocenters. The summed E-state index contributed by atoms with van der Waals surface area (Å²) in [5.74, 6) is 2.16. The number of H-pyrrole nitrogens is 1. The molecule has 5 heterocycles. The van der Waals surface area contributed by atoms with E-state index in [-0.39, 0.29) is 12.0 Å². The van der Waals surface area contributed by atoms with E-state index in [9.17, 15) is 8.42 Å². The molecule has 2 fully saturated rings. The van der Waals surface area contributed by atoms with Crippen LogP contribution in [0.3, 0.4) is 0 Å². The summed E-state index contributed by atoms with van der Waals surface area (Å²) in [6.45, 7) is 7.62. The van der Waals surface area contributed by atoms with Crippen LogP contribution in [0, 0.1) is 0 Å². The van der Waals surface area contributed by atoms with E-state index < -0.39 is 10.0 Å². The van der Waals surface area contributed by atoms with Crippen molar-refractivity contribution >= 4 is 26.9 Å². The van der Waals surface area contributed by atoms with E-state index in [4.69, 9.17) is 19.4 Å². The summed E-state index contributed by atoms with van der Waals surface area (Å²) >= 11 is 0. The van der Waals surface area contributed by atoms with E-state index in [1.165, 1.54) is 6.26 Å². The third-order valence-corrected chi connectivity index (χ3v) is 8.08. The number of nitrogens with one attached hydrogen (secondary N) is 1. The average Bonchev–Trinajstić information content (AvgIpc) is 3.32. The number of rotatable bonds is 6. The molecule has 0 aromatic carbocycles. The monoisotopic (exact) mass is 500 g/mol. The van der Waals surface area contributed by atoms with Gasteiger partial charge in [-0.3, -0.25) is 0 Å². The van der Waals surface area contributed by atoms with Gasteiger partial charge in [0.05, 0.1) is 32.1 Å². The van der Waals surface area contributed by atoms with Crippen molar-refractivity contribution in [1.29, 1.82) is 0 Å². The van der Waals surface area contributed by atoms with Crippen LogP contribution in [0.1, 0.15) is 38.3 Å². The Kier molecular flexibility index (Phi) is 6.65. The summed E-state index contributed by atoms with van der Waals surface area (Å²) in [5, 5.41) is 0.929. The Hall–Kier alpha value is -2.76. The number of piperidine rings is 1. The van der Waals surface area contributed by atoms with Gasteiger partial charge in [0.15, 0.2) is 5.82 Å². The molecule has 5 rings (SSSR count). The zero-order chi connectivity index (χ0) is 24.6. The van der Waals surface area contributed by atoms with E-state index in [0.29, 0.717) is 44.6 Å². The Morgan fingerprint density at radius 2 is 1.97 bits per heavy atom. The first-order valence-electron chi connectivity index (χ1n) is 12.1. The summed E-state index contributed by atoms with van der Waals surface area (Å²) in [5.41, 5.74) is 2.52. The van der Waals surface area contributed by atoms with E-state index in [0.717, 1.165) is 47.5 Å². The van der Waals surface area contributed by atoms with Crippen LogP contribution in [0.25, 0.3) is 22.4 Å². The van der Waals surface area contributed by atoms with Crippen molar-refractivity contribution in [3.8, 4) is 17.3 Å². The second-order valence-corrected chi connectivity index (χ2v) is 11.2. The SMILES string of the molecule is CCOc1cc(-c2nc(C3CCN(S(C)(=O)=O)CC3)cc(N3CCOC[C@H]3C)n2)c2cc[nH]c2n1. The van der Waals surface area contributed by atoms with Crippen LogP contribution in [0.5, 0.6) is 5.88 Å². The molecule has 0 aliphatic carbocycles. The minimum absolute atomic E-state index is 0.153. The summed E-state index contributed by atoms with van der Waals surface area (Å²) in [4.78, 5) is 20.0. The second-order valence-electron chi connectivity index (χ2n) is 9.21. The fraction of sp³-hybridized carbons (Fsp3) is 0.542. The summed E-state index contributed by atoms with van der Waals surface area (Å²) in [7, 11) is -3.19. The number of hydrogen-bond acceptors (Lipinski definition) is 8. The number of nitrogens with zero attached hydrogens (tertiary/aromatic N) is 5. The molecule has 35 heavy (non-hydrogen) atoms. The maximum atomic E-state index is 12.0. The molecule has 3 aromatic heterocycles. The molecule has 0 bridgehead atoms. The summed E-state index contributed by atoms with van der Waals surface area (Å²) < 4.78 is 36.9. The molecule has 11 heteroatoms. The summed E-state index contributed by atoms with van der Waals surface area (Å²) in [6.07, 6.45) is 4.58. The van der Waals surface area contributed by atoms with E-state index in [2.05, 4.69) is 27.9 Å². The highest BCUT2D eigenvalue weighted by atomic mass is 32.2. The zero-order valence-electron chi connectivity index (χ0n) is 20.4. The standard InChI is InChI=1S/C24H32N6O4S/c1-4-34-22-13-19(18-5-8-25-23(18)28-22)24-26-20(17-6-9-29(10-7-17)35(3,31)32)14-21(27-24)30-11-12-33-15-16(30)2/h5,8,13-14,16-17H,4,6-7,9-12,15H2,1-3H3,(H,25,28)/t16-/m1/s1. The van der Waals surface area contributed by atoms with E-state index in [1.807, 2.05) is 25.3 Å². The van der Waals surface area contributed by atoms with Crippen molar-refractivity contribution in [2.75, 3.05) is 50.6 Å². The Balaban J connectivity index is 1.58. The Bertz CT molecular complexity index is 1300. The van der Waals surface area contributed by atoms with Crippen LogP contribution in [0.4, 0.5) is 5.82 Å². The number of anilines is 1. The topological polar surface area (TPSA) is 114 Å². The van der Waals surface area contributed by atoms with Gasteiger partial charge in [0, 0.05) is 60.5 Å². The highest BCUT2D eigenvalue weighted by Gasteiger charge is 2.29. The van der Waals surface area contributed by atoms with Gasteiger partial charge in [0.2, 0.25) is 15.9 Å². The predicted octanol–water partition coefficient (Wildman–Crippen LogP) is 2.78. The van der Waals surface area contributed by atoms with Gasteiger partial charge in [-0.15, -0.1) is 0 Å². The van der Waals surface area contributed by atoms with Gasteiger partial charge in [0.1, 0.15) is 11.5 Å². The molecule has 0 saturated carbocycles. The lowest BCUT2D eigenvalue weighted by atomic mass is 9.94. The van der Waals surface area contributed by atoms with Crippen LogP contribution < -0.4 is 9.64 Å². The molecule has 1 N–H and O–H groups in total. The molecular formula is C24H32N6O4S. The fourth-order valence-corrected chi connectivity index (χ4v) is 5.78. The van der Waals surface area contributed by atoms with Crippen molar-refractivity contribution in [1.82, 2.24) is 24.2 Å². The molecule has 2 saturated heterocycles. The number of morpholine rings is 1. The first kappa shape index (κ1) is 24.0. The fourth-order valence-electron chi connectivity index (χ4n) is 4.90. The number of sulfonamides is 1. The number of pyridine rings is 1. The lowest BCUT2D eigenvalue weighted by Gasteiger charge is -2.35. The van der Waals surface area contributed by atoms with Gasteiger partial charge in [-0.05, 0) is 32.8 Å². The number of fused-ring (bicyclic) bond motifs is 1. The summed E-state index contributed by atoms with van der Waals surface area (Å²) in [6, 6.07) is 6.14. The first-order chi connectivity index (χ1) is 16.8. The Labute approximate surface area is 205 Å². The lowest BCUT2D eigenvalue weighted by molar-refractivity contribution is 0.0985. The molecule has 3 aromatic rings. The first-order valence-corrected chi connectivity index (χ1v) is 14.0. The van der Waals surface area contributed by atoms with Crippen LogP contribution in [0.15, 0.2) is 24.4 Å². The van der Waals surface area contributed by atoms with Crippen LogP contribution in [0.2, 0.25) is 0 Å². The minimum Gasteiger partial charge on any atom is -0.478 e. The molecule has 0 amide bonds. The molecular weight excluding hydrogens is 468 g/mol. The van der Waals surface area contributed by atoms with Gasteiger partial charge in [0.25, 0.3) is 0 Å². The Morgan fingerprint density at radius 3 is 2.69 bits per heavy atom. The van der Waals surface area contributed by atoms with Crippen molar-refractivity contribution < 1.29 is 17.9 Å². The predicted molar refractivity (Wildman–Crippen MR) is 134 cm³/mol. The van der Waals surface area contributed by atoms with E-state index in [1.54, 1.807) is 4.31 Å². The van der Waals surface area contributed by atoms with Crippen molar-refractivity contribution in [2.24, 2.45) is 0 Å². The maximum absolute atomic E-state index is 12.0. The van der Waals surface area contributed by atoms with Gasteiger partial charge in [-0.2, -0.15) is 4.98 Å². The van der Waals surface area contributed by atoms with Crippen molar-refractivity contribution in [3.05, 3.63) is 30.1 Å². The van der Waals surface area contributed by atoms with Crippen molar-refractivity contribution in [3.63, 3.8) is 0 Å². The average molecular weight is 501 g/mol. The number of aromatic nitrogens is 4. The van der Waals surface area contributed by atoms with E-state index >= 15 is 0 Å².